The summed E-state index contributed by atoms with van der Waals surface area (Å²) in [7, 11) is -11.0. The standard InChI is InChI=1S/C61H72ClF3N8O5S4/c1-43-58(80-42-67-43)47-11-12-48(39-66)46(36-47)8-7-26-70-28-30-71(31-29-70)27-24-51(41-79-53-9-5-4-6-10-53)68-56-22-21-54(37-57(56)81(75,76)61(63,64)65)82(77,78)69-59(74)45-15-19-52(20-16-45)73-34-32-72(33-35-73)40-49-38-60(2,3)25-23-55(49)44-13-17-50(62)18-14-44/h4-6,9-22,36-37,42,51,68H,7-8,23-35,38-41,66H2,1-3H3,(H,69,74). The lowest BCUT2D eigenvalue weighted by atomic mass is 9.73. The number of carbonyl (C=O) groups is 1. The maximum Gasteiger partial charge on any atom is 0.501 e. The number of hydrogen-bond acceptors (Lipinski definition) is 14. The molecule has 438 valence electrons. The van der Waals surface area contributed by atoms with E-state index in [1.807, 2.05) is 59.6 Å². The Hall–Kier alpha value is -5.29. The average Bonchev–Trinajstić information content (AvgIpc) is 4.04. The van der Waals surface area contributed by atoms with Gasteiger partial charge in [0, 0.05) is 105 Å². The van der Waals surface area contributed by atoms with E-state index in [0.29, 0.717) is 36.4 Å². The van der Waals surface area contributed by atoms with Crippen LogP contribution in [0.15, 0.2) is 141 Å². The number of anilines is 2. The van der Waals surface area contributed by atoms with Gasteiger partial charge in [-0.05, 0) is 158 Å². The number of sulfonamides is 1. The molecule has 0 spiro atoms. The van der Waals surface area contributed by atoms with Gasteiger partial charge >= 0.3 is 5.51 Å². The van der Waals surface area contributed by atoms with Crippen LogP contribution in [0.4, 0.5) is 24.5 Å². The average molecular weight is 1220 g/mol. The van der Waals surface area contributed by atoms with Crippen LogP contribution in [0, 0.1) is 12.3 Å². The third kappa shape index (κ3) is 15.5. The van der Waals surface area contributed by atoms with E-state index in [1.54, 1.807) is 23.5 Å². The second-order valence-electron chi connectivity index (χ2n) is 22.3. The number of nitrogens with two attached hydrogens (primary N) is 1. The van der Waals surface area contributed by atoms with E-state index in [2.05, 4.69) is 74.1 Å². The molecular formula is C61H72ClF3N8O5S4. The molecule has 13 nitrogen and oxygen atoms in total. The zero-order chi connectivity index (χ0) is 58.2. The molecule has 2 saturated heterocycles. The molecule has 6 aromatic rings. The van der Waals surface area contributed by atoms with Crippen molar-refractivity contribution in [3.8, 4) is 10.4 Å². The molecule has 0 radical (unpaired) electrons. The second-order valence-corrected chi connectivity index (χ2v) is 28.3. The molecule has 3 heterocycles. The predicted molar refractivity (Wildman–Crippen MR) is 326 cm³/mol. The number of benzene rings is 5. The SMILES string of the molecule is Cc1ncsc1-c1ccc(CN)c(CCCN2CCN(CCC(CSc3ccccc3)Nc3ccc(S(=O)(=O)NC(=O)c4ccc(N5CCN(CC6=C(c7ccc(Cl)cc7)CCC(C)(C)C6)CC5)cc4)cc3S(=O)(=O)C(F)(F)F)CC2)c1. The number of carbonyl (C=O) groups excluding carboxylic acids is 1. The van der Waals surface area contributed by atoms with Gasteiger partial charge in [-0.3, -0.25) is 9.69 Å². The van der Waals surface area contributed by atoms with Crippen LogP contribution in [0.2, 0.25) is 5.02 Å². The van der Waals surface area contributed by atoms with Crippen molar-refractivity contribution in [2.45, 2.75) is 92.1 Å². The first-order valence-corrected chi connectivity index (χ1v) is 33.0. The number of hydrogen-bond donors (Lipinski definition) is 3. The van der Waals surface area contributed by atoms with Crippen molar-refractivity contribution in [3.63, 3.8) is 0 Å². The number of alkyl halides is 3. The van der Waals surface area contributed by atoms with E-state index in [1.165, 1.54) is 46.2 Å². The summed E-state index contributed by atoms with van der Waals surface area (Å²) in [5, 5.41) is 3.79. The minimum Gasteiger partial charge on any atom is -0.380 e. The predicted octanol–water partition coefficient (Wildman–Crippen LogP) is 11.6. The molecule has 5 aromatic carbocycles. The second kappa shape index (κ2) is 26.7. The van der Waals surface area contributed by atoms with Gasteiger partial charge in [0.05, 0.1) is 26.7 Å². The first-order chi connectivity index (χ1) is 39.1. The van der Waals surface area contributed by atoms with Gasteiger partial charge in [-0.1, -0.05) is 73.5 Å². The smallest absolute Gasteiger partial charge is 0.380 e. The molecule has 4 N–H and O–H groups in total. The highest BCUT2D eigenvalue weighted by Crippen LogP contribution is 2.43. The highest BCUT2D eigenvalue weighted by molar-refractivity contribution is 7.99. The molecule has 3 aliphatic rings. The minimum absolute atomic E-state index is 0.00408. The Morgan fingerprint density at radius 1 is 0.817 bits per heavy atom. The van der Waals surface area contributed by atoms with Crippen molar-refractivity contribution in [2.24, 2.45) is 11.1 Å². The summed E-state index contributed by atoms with van der Waals surface area (Å²) in [6.45, 7) is 15.8. The number of nitrogens with one attached hydrogen (secondary N) is 2. The Morgan fingerprint density at radius 3 is 2.15 bits per heavy atom. The zero-order valence-corrected chi connectivity index (χ0v) is 50.6. The normalized spacial score (nSPS) is 17.2. The van der Waals surface area contributed by atoms with Gasteiger partial charge < -0.3 is 25.8 Å². The fraction of sp³-hybridized carbons (Fsp3) is 0.410. The molecule has 0 saturated carbocycles. The van der Waals surface area contributed by atoms with E-state index in [4.69, 9.17) is 17.3 Å². The Morgan fingerprint density at radius 2 is 1.49 bits per heavy atom. The van der Waals surface area contributed by atoms with Crippen LogP contribution < -0.4 is 20.7 Å². The highest BCUT2D eigenvalue weighted by atomic mass is 35.5. The topological polar surface area (TPSA) is 161 Å². The monoisotopic (exact) mass is 1220 g/mol. The molecule has 2 aliphatic heterocycles. The van der Waals surface area contributed by atoms with Gasteiger partial charge in [0.2, 0.25) is 0 Å². The molecule has 1 amide bonds. The van der Waals surface area contributed by atoms with Gasteiger partial charge in [-0.15, -0.1) is 23.1 Å². The van der Waals surface area contributed by atoms with Crippen molar-refractivity contribution in [2.75, 3.05) is 88.0 Å². The molecule has 1 unspecified atom stereocenters. The van der Waals surface area contributed by atoms with Crippen LogP contribution in [0.25, 0.3) is 16.0 Å². The molecule has 2 fully saturated rings. The van der Waals surface area contributed by atoms with Crippen LogP contribution in [0.3, 0.4) is 0 Å². The third-order valence-corrected chi connectivity index (χ3v) is 21.2. The summed E-state index contributed by atoms with van der Waals surface area (Å²) in [5.41, 5.74) is 11.5. The van der Waals surface area contributed by atoms with E-state index >= 15 is 0 Å². The Bertz CT molecular complexity index is 3420. The van der Waals surface area contributed by atoms with Gasteiger partial charge in [-0.25, -0.2) is 26.5 Å². The molecule has 1 aromatic heterocycles. The summed E-state index contributed by atoms with van der Waals surface area (Å²) in [6, 6.07) is 32.4. The Balaban J connectivity index is 0.820. The summed E-state index contributed by atoms with van der Waals surface area (Å²) < 4.78 is 99.7. The number of aromatic nitrogens is 1. The zero-order valence-electron chi connectivity index (χ0n) is 46.6. The lowest BCUT2D eigenvalue weighted by Gasteiger charge is -2.39. The lowest BCUT2D eigenvalue weighted by Crippen LogP contribution is -2.47. The van der Waals surface area contributed by atoms with Crippen LogP contribution in [0.5, 0.6) is 0 Å². The number of thioether (sulfide) groups is 1. The van der Waals surface area contributed by atoms with E-state index in [-0.39, 0.29) is 11.0 Å². The van der Waals surface area contributed by atoms with E-state index < -0.39 is 52.8 Å². The van der Waals surface area contributed by atoms with Gasteiger partial charge in [-0.2, -0.15) is 13.2 Å². The number of sulfone groups is 1. The van der Waals surface area contributed by atoms with Crippen LogP contribution in [-0.2, 0) is 32.8 Å². The molecule has 21 heteroatoms. The number of rotatable bonds is 22. The van der Waals surface area contributed by atoms with Crippen molar-refractivity contribution in [3.05, 3.63) is 159 Å². The first-order valence-electron chi connectivity index (χ1n) is 27.8. The van der Waals surface area contributed by atoms with Crippen LogP contribution in [-0.4, -0.2) is 132 Å². The molecule has 1 atom stereocenters. The van der Waals surface area contributed by atoms with Crippen molar-refractivity contribution in [1.29, 1.82) is 0 Å². The maximum atomic E-state index is 14.5. The number of halogens is 4. The summed E-state index contributed by atoms with van der Waals surface area (Å²) in [5.74, 6) is -0.665. The van der Waals surface area contributed by atoms with E-state index in [9.17, 15) is 34.8 Å². The summed E-state index contributed by atoms with van der Waals surface area (Å²) in [6.07, 6.45) is 5.43. The van der Waals surface area contributed by atoms with Gasteiger partial charge in [0.1, 0.15) is 4.90 Å². The number of amides is 1. The third-order valence-electron chi connectivity index (χ3n) is 15.9. The Labute approximate surface area is 494 Å². The van der Waals surface area contributed by atoms with Crippen molar-refractivity contribution < 1.29 is 34.8 Å². The number of thiazole rings is 1. The maximum absolute atomic E-state index is 14.5. The number of nitrogens with zero attached hydrogens (tertiary/aromatic N) is 5. The molecule has 82 heavy (non-hydrogen) atoms. The van der Waals surface area contributed by atoms with Crippen LogP contribution in [0.1, 0.15) is 78.7 Å². The lowest BCUT2D eigenvalue weighted by molar-refractivity contribution is -0.0435. The first kappa shape index (κ1) is 61.3. The summed E-state index contributed by atoms with van der Waals surface area (Å²) >= 11 is 9.31. The Kier molecular flexibility index (Phi) is 20.0. The summed E-state index contributed by atoms with van der Waals surface area (Å²) in [4.78, 5) is 27.3. The number of piperazine rings is 2. The number of allylic oxidation sites excluding steroid dienone is 1. The van der Waals surface area contributed by atoms with Crippen LogP contribution >= 0.6 is 34.7 Å². The van der Waals surface area contributed by atoms with E-state index in [0.717, 1.165) is 142 Å². The fourth-order valence-corrected chi connectivity index (χ4v) is 15.1. The minimum atomic E-state index is -6.10. The molecule has 1 aliphatic carbocycles. The van der Waals surface area contributed by atoms with Gasteiger partial charge in [0.25, 0.3) is 25.8 Å². The molecule has 9 rings (SSSR count). The largest absolute Gasteiger partial charge is 0.501 e. The fourth-order valence-electron chi connectivity index (χ4n) is 11.2. The highest BCUT2D eigenvalue weighted by Gasteiger charge is 2.48. The van der Waals surface area contributed by atoms with Gasteiger partial charge in [0.15, 0.2) is 0 Å². The quantitative estimate of drug-likeness (QED) is 0.0551. The van der Waals surface area contributed by atoms with Crippen molar-refractivity contribution >= 4 is 77.4 Å². The number of aryl methyl sites for hydroxylation is 2. The molecule has 0 bridgehead atoms. The van der Waals surface area contributed by atoms with Crippen molar-refractivity contribution in [1.82, 2.24) is 24.4 Å². The molecular weight excluding hydrogens is 1150 g/mol.